The fourth-order valence-corrected chi connectivity index (χ4v) is 3.14. The molecule has 0 aliphatic rings. The Balaban J connectivity index is 1.82. The van der Waals surface area contributed by atoms with Gasteiger partial charge in [-0.05, 0) is 54.8 Å². The summed E-state index contributed by atoms with van der Waals surface area (Å²) in [5.41, 5.74) is 3.08. The summed E-state index contributed by atoms with van der Waals surface area (Å²) in [5.74, 6) is 0.591. The summed E-state index contributed by atoms with van der Waals surface area (Å²) in [7, 11) is 3.23. The molecule has 1 aromatic heterocycles. The van der Waals surface area contributed by atoms with Gasteiger partial charge in [0.05, 0.1) is 13.7 Å². The maximum absolute atomic E-state index is 12.7. The lowest BCUT2D eigenvalue weighted by molar-refractivity contribution is 0.101. The lowest BCUT2D eigenvalue weighted by Crippen LogP contribution is -2.18. The third kappa shape index (κ3) is 5.19. The quantitative estimate of drug-likeness (QED) is 0.449. The minimum atomic E-state index is -0.383. The van der Waals surface area contributed by atoms with E-state index < -0.39 is 0 Å². The smallest absolute Gasteiger partial charge is 0.258 e. The molecule has 9 heteroatoms. The summed E-state index contributed by atoms with van der Waals surface area (Å²) in [5, 5.41) is 17.5. The second-order valence-corrected chi connectivity index (χ2v) is 7.11. The van der Waals surface area contributed by atoms with Crippen molar-refractivity contribution in [2.75, 3.05) is 30.1 Å². The first-order chi connectivity index (χ1) is 15.3. The van der Waals surface area contributed by atoms with E-state index in [9.17, 15) is 14.7 Å². The van der Waals surface area contributed by atoms with Crippen LogP contribution in [-0.4, -0.2) is 41.0 Å². The highest BCUT2D eigenvalue weighted by Gasteiger charge is 2.15. The molecule has 0 atom stereocenters. The van der Waals surface area contributed by atoms with Crippen LogP contribution >= 0.6 is 0 Å². The number of anilines is 3. The van der Waals surface area contributed by atoms with Gasteiger partial charge in [-0.15, -0.1) is 0 Å². The summed E-state index contributed by atoms with van der Waals surface area (Å²) < 4.78 is 5.17. The zero-order valence-electron chi connectivity index (χ0n) is 18.3. The zero-order valence-corrected chi connectivity index (χ0v) is 18.3. The molecular formula is C23H25N5O4. The summed E-state index contributed by atoms with van der Waals surface area (Å²) in [6.45, 7) is 3.49. The largest absolute Gasteiger partial charge is 0.497 e. The van der Waals surface area contributed by atoms with Crippen molar-refractivity contribution in [2.24, 2.45) is 0 Å². The molecule has 0 unspecified atom stereocenters. The second kappa shape index (κ2) is 9.88. The number of nitrogens with zero attached hydrogens (tertiary/aromatic N) is 2. The summed E-state index contributed by atoms with van der Waals surface area (Å²) in [4.78, 5) is 34.0. The highest BCUT2D eigenvalue weighted by Crippen LogP contribution is 2.20. The van der Waals surface area contributed by atoms with Gasteiger partial charge >= 0.3 is 0 Å². The fraction of sp³-hybridized carbons (Fsp3) is 0.217. The number of methoxy groups -OCH3 is 1. The van der Waals surface area contributed by atoms with Crippen molar-refractivity contribution >= 4 is 29.4 Å². The second-order valence-electron chi connectivity index (χ2n) is 7.11. The van der Waals surface area contributed by atoms with Gasteiger partial charge in [-0.3, -0.25) is 14.9 Å². The van der Waals surface area contributed by atoms with E-state index in [0.29, 0.717) is 22.7 Å². The number of benzene rings is 2. The number of aromatic nitrogens is 2. The maximum Gasteiger partial charge on any atom is 0.258 e. The molecule has 0 aliphatic carbocycles. The molecule has 0 spiro atoms. The number of nitrogens with one attached hydrogen (secondary N) is 3. The zero-order chi connectivity index (χ0) is 23.3. The summed E-state index contributed by atoms with van der Waals surface area (Å²) in [6.07, 6.45) is 0. The Morgan fingerprint density at radius 2 is 1.53 bits per heavy atom. The molecule has 2 aromatic carbocycles. The first-order valence-corrected chi connectivity index (χ1v) is 9.89. The van der Waals surface area contributed by atoms with Crippen LogP contribution in [0.2, 0.25) is 0 Å². The van der Waals surface area contributed by atoms with Crippen LogP contribution in [0.3, 0.4) is 0 Å². The first kappa shape index (κ1) is 22.7. The molecule has 0 saturated carbocycles. The molecule has 3 aromatic rings. The van der Waals surface area contributed by atoms with Crippen LogP contribution in [-0.2, 0) is 6.61 Å². The Labute approximate surface area is 185 Å². The van der Waals surface area contributed by atoms with E-state index in [1.54, 1.807) is 70.5 Å². The average molecular weight is 435 g/mol. The topological polar surface area (TPSA) is 125 Å². The third-order valence-corrected chi connectivity index (χ3v) is 4.85. The predicted octanol–water partition coefficient (Wildman–Crippen LogP) is 3.14. The van der Waals surface area contributed by atoms with E-state index >= 15 is 0 Å². The van der Waals surface area contributed by atoms with Crippen molar-refractivity contribution < 1.29 is 19.4 Å². The molecule has 0 fully saturated rings. The van der Waals surface area contributed by atoms with Crippen LogP contribution in [0.25, 0.3) is 0 Å². The van der Waals surface area contributed by atoms with E-state index in [-0.39, 0.29) is 30.2 Å². The van der Waals surface area contributed by atoms with Gasteiger partial charge in [0.15, 0.2) is 0 Å². The van der Waals surface area contributed by atoms with Crippen molar-refractivity contribution in [1.29, 1.82) is 0 Å². The van der Waals surface area contributed by atoms with Gasteiger partial charge in [-0.25, -0.2) is 0 Å². The Bertz CT molecular complexity index is 1080. The number of carbonyl (C=O) groups excluding carboxylic acids is 2. The SMILES string of the molecule is CNc1cc(NC(=O)c2ccc(CO)cc2C)nc(NC(=O)c2ccc(OC)cc2C)n1. The number of hydrogen-bond acceptors (Lipinski definition) is 7. The molecule has 0 saturated heterocycles. The molecule has 0 bridgehead atoms. The average Bonchev–Trinajstić information content (AvgIpc) is 2.78. The molecule has 3 rings (SSSR count). The molecule has 32 heavy (non-hydrogen) atoms. The number of ether oxygens (including phenoxy) is 1. The van der Waals surface area contributed by atoms with Crippen LogP contribution in [0.5, 0.6) is 5.75 Å². The van der Waals surface area contributed by atoms with Gasteiger partial charge < -0.3 is 20.5 Å². The number of carbonyl (C=O) groups is 2. The first-order valence-electron chi connectivity index (χ1n) is 9.89. The monoisotopic (exact) mass is 435 g/mol. The minimum absolute atomic E-state index is 0.0414. The summed E-state index contributed by atoms with van der Waals surface area (Å²) in [6, 6.07) is 11.8. The standard InChI is InChI=1S/C23H25N5O4/c1-13-9-15(12-29)5-7-17(13)21(30)25-20-11-19(24-3)26-23(27-20)28-22(31)18-8-6-16(32-4)10-14(18)2/h5-11,29H,12H2,1-4H3,(H3,24,25,26,27,28,30,31). The van der Waals surface area contributed by atoms with E-state index in [1.807, 2.05) is 0 Å². The van der Waals surface area contributed by atoms with Gasteiger partial charge in [-0.1, -0.05) is 12.1 Å². The molecule has 166 valence electrons. The van der Waals surface area contributed by atoms with E-state index in [1.165, 1.54) is 0 Å². The lowest BCUT2D eigenvalue weighted by Gasteiger charge is -2.12. The van der Waals surface area contributed by atoms with E-state index in [4.69, 9.17) is 4.74 Å². The Kier molecular flexibility index (Phi) is 7.01. The van der Waals surface area contributed by atoms with Gasteiger partial charge in [0.25, 0.3) is 11.8 Å². The van der Waals surface area contributed by atoms with Crippen LogP contribution in [0.1, 0.15) is 37.4 Å². The fourth-order valence-electron chi connectivity index (χ4n) is 3.14. The molecular weight excluding hydrogens is 410 g/mol. The van der Waals surface area contributed by atoms with E-state index in [0.717, 1.165) is 16.7 Å². The van der Waals surface area contributed by atoms with Crippen molar-refractivity contribution in [2.45, 2.75) is 20.5 Å². The van der Waals surface area contributed by atoms with Gasteiger partial charge in [-0.2, -0.15) is 9.97 Å². The third-order valence-electron chi connectivity index (χ3n) is 4.85. The molecule has 0 radical (unpaired) electrons. The molecule has 9 nitrogen and oxygen atoms in total. The maximum atomic E-state index is 12.7. The Morgan fingerprint density at radius 3 is 2.12 bits per heavy atom. The number of rotatable bonds is 7. The molecule has 2 amide bonds. The van der Waals surface area contributed by atoms with Crippen molar-refractivity contribution in [3.8, 4) is 5.75 Å². The highest BCUT2D eigenvalue weighted by atomic mass is 16.5. The number of hydrogen-bond donors (Lipinski definition) is 4. The van der Waals surface area contributed by atoms with Gasteiger partial charge in [0.1, 0.15) is 17.4 Å². The van der Waals surface area contributed by atoms with Crippen molar-refractivity contribution in [1.82, 2.24) is 9.97 Å². The number of aliphatic hydroxyl groups is 1. The van der Waals surface area contributed by atoms with Crippen LogP contribution in [0.15, 0.2) is 42.5 Å². The lowest BCUT2D eigenvalue weighted by atomic mass is 10.0. The summed E-state index contributed by atoms with van der Waals surface area (Å²) >= 11 is 0. The van der Waals surface area contributed by atoms with Gasteiger partial charge in [0, 0.05) is 24.2 Å². The number of amides is 2. The van der Waals surface area contributed by atoms with Crippen LogP contribution < -0.4 is 20.7 Å². The van der Waals surface area contributed by atoms with Crippen LogP contribution in [0.4, 0.5) is 17.6 Å². The highest BCUT2D eigenvalue weighted by molar-refractivity contribution is 6.06. The molecule has 4 N–H and O–H groups in total. The Morgan fingerprint density at radius 1 is 0.906 bits per heavy atom. The Hall–Kier alpha value is -3.98. The number of aliphatic hydroxyl groups excluding tert-OH is 1. The minimum Gasteiger partial charge on any atom is -0.497 e. The molecule has 1 heterocycles. The van der Waals surface area contributed by atoms with Crippen molar-refractivity contribution in [3.05, 3.63) is 70.3 Å². The molecule has 0 aliphatic heterocycles. The van der Waals surface area contributed by atoms with Crippen LogP contribution in [0, 0.1) is 13.8 Å². The van der Waals surface area contributed by atoms with Gasteiger partial charge in [0.2, 0.25) is 5.95 Å². The van der Waals surface area contributed by atoms with E-state index in [2.05, 4.69) is 25.9 Å². The predicted molar refractivity (Wildman–Crippen MR) is 122 cm³/mol. The van der Waals surface area contributed by atoms with Crippen molar-refractivity contribution in [3.63, 3.8) is 0 Å². The normalized spacial score (nSPS) is 10.4. The number of aryl methyl sites for hydroxylation is 2.